The van der Waals surface area contributed by atoms with Gasteiger partial charge in [0, 0.05) is 39.5 Å². The van der Waals surface area contributed by atoms with Crippen molar-refractivity contribution in [3.63, 3.8) is 0 Å². The fourth-order valence-electron chi connectivity index (χ4n) is 3.18. The van der Waals surface area contributed by atoms with Gasteiger partial charge in [0.2, 0.25) is 0 Å². The lowest BCUT2D eigenvalue weighted by Crippen LogP contribution is -2.48. The maximum Gasteiger partial charge on any atom is 0.501 e. The van der Waals surface area contributed by atoms with Crippen molar-refractivity contribution < 1.29 is 13.3 Å². The van der Waals surface area contributed by atoms with Crippen LogP contribution in [0, 0.1) is 0 Å². The van der Waals surface area contributed by atoms with Gasteiger partial charge >= 0.3 is 8.80 Å². The molecule has 0 aromatic carbocycles. The van der Waals surface area contributed by atoms with Crippen molar-refractivity contribution in [1.82, 2.24) is 5.32 Å². The van der Waals surface area contributed by atoms with Crippen LogP contribution in [0.2, 0.25) is 18.6 Å². The van der Waals surface area contributed by atoms with Crippen LogP contribution in [0.5, 0.6) is 0 Å². The Morgan fingerprint density at radius 2 is 1.71 bits per heavy atom. The van der Waals surface area contributed by atoms with Gasteiger partial charge in [0.25, 0.3) is 0 Å². The third kappa shape index (κ3) is 6.90. The van der Waals surface area contributed by atoms with Crippen molar-refractivity contribution in [3.8, 4) is 0 Å². The molecule has 1 fully saturated rings. The fraction of sp³-hybridized carbons (Fsp3) is 1.00. The van der Waals surface area contributed by atoms with Gasteiger partial charge in [0.15, 0.2) is 0 Å². The lowest BCUT2D eigenvalue weighted by Gasteiger charge is -2.28. The molecule has 0 bridgehead atoms. The van der Waals surface area contributed by atoms with Gasteiger partial charge in [-0.25, -0.2) is 0 Å². The molecule has 1 aliphatic carbocycles. The Kier molecular flexibility index (Phi) is 9.27. The Balaban J connectivity index is 2.27. The fourth-order valence-corrected chi connectivity index (χ4v) is 7.42. The second-order valence-corrected chi connectivity index (χ2v) is 12.4. The van der Waals surface area contributed by atoms with E-state index in [-0.39, 0.29) is 6.04 Å². The molecule has 126 valence electrons. The van der Waals surface area contributed by atoms with Gasteiger partial charge in [-0.05, 0) is 25.1 Å². The summed E-state index contributed by atoms with van der Waals surface area (Å²) in [6.07, 6.45) is 8.06. The van der Waals surface area contributed by atoms with Crippen molar-refractivity contribution in [1.29, 1.82) is 0 Å². The third-order valence-electron chi connectivity index (χ3n) is 4.51. The summed E-state index contributed by atoms with van der Waals surface area (Å²) in [5, 5.41) is 3.76. The Morgan fingerprint density at radius 3 is 2.24 bits per heavy atom. The number of nitrogens with two attached hydrogens (primary N) is 1. The molecule has 0 heterocycles. The zero-order chi connectivity index (χ0) is 15.7. The first-order valence-electron chi connectivity index (χ1n) is 8.19. The number of nitrogens with one attached hydrogen (secondary N) is 1. The molecular weight excluding hydrogens is 300 g/mol. The summed E-state index contributed by atoms with van der Waals surface area (Å²) in [6.45, 7) is 2.39. The molecule has 0 amide bonds. The molecule has 1 rings (SSSR count). The van der Waals surface area contributed by atoms with E-state index in [0.29, 0.717) is 6.04 Å². The van der Waals surface area contributed by atoms with Crippen LogP contribution in [0.4, 0.5) is 0 Å². The Labute approximate surface area is 132 Å². The molecule has 0 aliphatic heterocycles. The number of hydrogen-bond acceptors (Lipinski definition) is 5. The minimum absolute atomic E-state index is 0.117. The largest absolute Gasteiger partial charge is 0.501 e. The van der Waals surface area contributed by atoms with Gasteiger partial charge in [-0.2, -0.15) is 0 Å². The highest BCUT2D eigenvalue weighted by Crippen LogP contribution is 2.19. The maximum absolute atomic E-state index is 6.30. The average Bonchev–Trinajstić information content (AvgIpc) is 2.52. The van der Waals surface area contributed by atoms with Gasteiger partial charge in [0.05, 0.1) is 8.80 Å². The first-order valence-corrected chi connectivity index (χ1v) is 12.9. The molecule has 3 N–H and O–H groups in total. The first kappa shape index (κ1) is 19.3. The Morgan fingerprint density at radius 1 is 1.14 bits per heavy atom. The molecule has 0 aromatic rings. The van der Waals surface area contributed by atoms with Gasteiger partial charge in [-0.1, -0.05) is 25.8 Å². The summed E-state index contributed by atoms with van der Waals surface area (Å²) in [4.78, 5) is 0. The van der Waals surface area contributed by atoms with E-state index < -0.39 is 17.6 Å². The van der Waals surface area contributed by atoms with Crippen molar-refractivity contribution >= 4 is 17.6 Å². The normalized spacial score (nSPS) is 20.4. The van der Waals surface area contributed by atoms with Gasteiger partial charge < -0.3 is 24.3 Å². The van der Waals surface area contributed by atoms with E-state index in [9.17, 15) is 0 Å². The molecule has 1 aliphatic rings. The molecule has 0 radical (unpaired) electrons. The highest BCUT2D eigenvalue weighted by atomic mass is 28.4. The summed E-state index contributed by atoms with van der Waals surface area (Å²) < 4.78 is 16.4. The summed E-state index contributed by atoms with van der Waals surface area (Å²) in [5.74, 6) is 0. The van der Waals surface area contributed by atoms with Crippen LogP contribution < -0.4 is 11.1 Å². The van der Waals surface area contributed by atoms with Crippen LogP contribution in [0.3, 0.4) is 0 Å². The minimum atomic E-state index is -2.53. The Hall–Kier alpha value is 0.234. The highest BCUT2D eigenvalue weighted by molar-refractivity contribution is 6.61. The molecule has 0 spiro atoms. The summed E-state index contributed by atoms with van der Waals surface area (Å²) >= 11 is 0. The summed E-state index contributed by atoms with van der Waals surface area (Å²) in [5.41, 5.74) is 6.30. The molecule has 2 atom stereocenters. The number of hydrogen-bond donors (Lipinski definition) is 2. The lowest BCUT2D eigenvalue weighted by molar-refractivity contribution is 0.122. The third-order valence-corrected chi connectivity index (χ3v) is 9.74. The van der Waals surface area contributed by atoms with E-state index in [1.54, 1.807) is 21.3 Å². The second kappa shape index (κ2) is 10.1. The van der Waals surface area contributed by atoms with E-state index in [1.165, 1.54) is 38.3 Å². The highest BCUT2D eigenvalue weighted by Gasteiger charge is 2.39. The molecular formula is C14H34N2O3Si2. The minimum Gasteiger partial charge on any atom is -0.377 e. The molecule has 0 saturated heterocycles. The van der Waals surface area contributed by atoms with Crippen molar-refractivity contribution in [2.24, 2.45) is 5.73 Å². The van der Waals surface area contributed by atoms with Crippen LogP contribution in [0.25, 0.3) is 0 Å². The molecule has 5 nitrogen and oxygen atoms in total. The van der Waals surface area contributed by atoms with E-state index in [2.05, 4.69) is 11.9 Å². The average molecular weight is 335 g/mol. The summed E-state index contributed by atoms with van der Waals surface area (Å²) in [6, 6.07) is 2.67. The topological polar surface area (TPSA) is 65.7 Å². The predicted octanol–water partition coefficient (Wildman–Crippen LogP) is 1.51. The smallest absolute Gasteiger partial charge is 0.377 e. The molecule has 21 heavy (non-hydrogen) atoms. The summed E-state index contributed by atoms with van der Waals surface area (Å²) in [7, 11) is 1.59. The van der Waals surface area contributed by atoms with Crippen LogP contribution in [0.15, 0.2) is 0 Å². The second-order valence-electron chi connectivity index (χ2n) is 6.34. The van der Waals surface area contributed by atoms with E-state index >= 15 is 0 Å². The van der Waals surface area contributed by atoms with Crippen LogP contribution in [-0.2, 0) is 13.3 Å². The van der Waals surface area contributed by atoms with Crippen molar-refractivity contribution in [3.05, 3.63) is 0 Å². The first-order chi connectivity index (χ1) is 10.0. The lowest BCUT2D eigenvalue weighted by atomic mass is 9.96. The quantitative estimate of drug-likeness (QED) is 0.593. The maximum atomic E-state index is 6.30. The van der Waals surface area contributed by atoms with Gasteiger partial charge in [-0.15, -0.1) is 0 Å². The zero-order valence-corrected chi connectivity index (χ0v) is 16.3. The van der Waals surface area contributed by atoms with Gasteiger partial charge in [-0.3, -0.25) is 0 Å². The van der Waals surface area contributed by atoms with Crippen molar-refractivity contribution in [2.75, 3.05) is 27.5 Å². The van der Waals surface area contributed by atoms with E-state index in [4.69, 9.17) is 19.0 Å². The number of rotatable bonds is 10. The van der Waals surface area contributed by atoms with Crippen LogP contribution >= 0.6 is 0 Å². The molecule has 2 unspecified atom stereocenters. The standard InChI is InChI=1S/C14H34N2O3Si2/c1-17-21(18-2,19-3)11-13(15)10-20(4)12-16-14-8-6-5-7-9-14/h13-14,16,20H,5-12,15H2,1-4H3. The van der Waals surface area contributed by atoms with Crippen molar-refractivity contribution in [2.45, 2.75) is 62.8 Å². The van der Waals surface area contributed by atoms with Crippen LogP contribution in [-0.4, -0.2) is 57.2 Å². The Bertz CT molecular complexity index is 267. The zero-order valence-electron chi connectivity index (χ0n) is 14.2. The predicted molar refractivity (Wildman–Crippen MR) is 92.3 cm³/mol. The molecule has 1 saturated carbocycles. The monoisotopic (exact) mass is 334 g/mol. The molecule has 7 heteroatoms. The van der Waals surface area contributed by atoms with Gasteiger partial charge in [0.1, 0.15) is 0 Å². The van der Waals surface area contributed by atoms with E-state index in [0.717, 1.165) is 12.1 Å². The van der Waals surface area contributed by atoms with Crippen LogP contribution in [0.1, 0.15) is 32.1 Å². The SMILES string of the molecule is CO[Si](CC(N)C[SiH](C)CNC1CCCCC1)(OC)OC. The molecule has 0 aromatic heterocycles. The van der Waals surface area contributed by atoms with E-state index in [1.807, 2.05) is 0 Å².